The number of methoxy groups -OCH3 is 1. The topological polar surface area (TPSA) is 67.4 Å². The monoisotopic (exact) mass is 406 g/mol. The van der Waals surface area contributed by atoms with Gasteiger partial charge < -0.3 is 10.1 Å². The normalized spacial score (nSPS) is 21.2. The molecule has 0 radical (unpaired) electrons. The van der Waals surface area contributed by atoms with E-state index in [2.05, 4.69) is 10.0 Å². The Morgan fingerprint density at radius 2 is 2.04 bits per heavy atom. The molecule has 1 unspecified atom stereocenters. The largest absolute Gasteiger partial charge is 0.419 e. The summed E-state index contributed by atoms with van der Waals surface area (Å²) in [5, 5.41) is 3.16. The molecule has 2 rings (SSSR count). The average Bonchev–Trinajstić information content (AvgIpc) is 2.93. The summed E-state index contributed by atoms with van der Waals surface area (Å²) in [5.74, 6) is -1.63. The molecule has 0 bridgehead atoms. The molecule has 25 heavy (non-hydrogen) atoms. The van der Waals surface area contributed by atoms with Crippen molar-refractivity contribution in [1.29, 1.82) is 0 Å². The lowest BCUT2D eigenvalue weighted by Crippen LogP contribution is -2.52. The smallest absolute Gasteiger partial charge is 0.383 e. The molecule has 1 aromatic rings. The van der Waals surface area contributed by atoms with Crippen LogP contribution >= 0.6 is 12.4 Å². The molecule has 2 N–H and O–H groups in total. The zero-order valence-corrected chi connectivity index (χ0v) is 15.0. The van der Waals surface area contributed by atoms with Crippen molar-refractivity contribution in [3.05, 3.63) is 29.6 Å². The van der Waals surface area contributed by atoms with Gasteiger partial charge in [0.2, 0.25) is 10.0 Å². The van der Waals surface area contributed by atoms with Gasteiger partial charge in [0.15, 0.2) is 0 Å². The van der Waals surface area contributed by atoms with Crippen LogP contribution in [0.15, 0.2) is 23.1 Å². The third-order valence-corrected chi connectivity index (χ3v) is 5.31. The Bertz CT molecular complexity index is 692. The molecule has 0 aromatic heterocycles. The summed E-state index contributed by atoms with van der Waals surface area (Å²) < 4.78 is 83.0. The second kappa shape index (κ2) is 8.17. The summed E-state index contributed by atoms with van der Waals surface area (Å²) in [6, 6.07) is 1.53. The van der Waals surface area contributed by atoms with Crippen molar-refractivity contribution in [2.75, 3.05) is 26.8 Å². The Kier molecular flexibility index (Phi) is 7.22. The highest BCUT2D eigenvalue weighted by atomic mass is 35.5. The zero-order chi connectivity index (χ0) is 18.0. The molecule has 5 nitrogen and oxygen atoms in total. The first-order valence-electron chi connectivity index (χ1n) is 7.20. The van der Waals surface area contributed by atoms with Gasteiger partial charge in [-0.05, 0) is 37.6 Å². The van der Waals surface area contributed by atoms with Crippen molar-refractivity contribution in [2.45, 2.75) is 29.5 Å². The Morgan fingerprint density at radius 1 is 1.36 bits per heavy atom. The third kappa shape index (κ3) is 5.27. The molecule has 11 heteroatoms. The summed E-state index contributed by atoms with van der Waals surface area (Å²) in [6.07, 6.45) is -3.35. The van der Waals surface area contributed by atoms with Crippen LogP contribution < -0.4 is 10.0 Å². The molecule has 1 atom stereocenters. The van der Waals surface area contributed by atoms with Crippen molar-refractivity contribution in [1.82, 2.24) is 10.0 Å². The van der Waals surface area contributed by atoms with Gasteiger partial charge in [0.05, 0.1) is 22.6 Å². The third-order valence-electron chi connectivity index (χ3n) is 3.91. The van der Waals surface area contributed by atoms with E-state index in [0.717, 1.165) is 12.5 Å². The number of nitrogens with one attached hydrogen (secondary N) is 2. The minimum atomic E-state index is -4.88. The Morgan fingerprint density at radius 3 is 2.52 bits per heavy atom. The molecule has 0 aliphatic carbocycles. The van der Waals surface area contributed by atoms with Gasteiger partial charge in [-0.3, -0.25) is 0 Å². The van der Waals surface area contributed by atoms with Crippen molar-refractivity contribution in [3.63, 3.8) is 0 Å². The van der Waals surface area contributed by atoms with Gasteiger partial charge in [0.25, 0.3) is 0 Å². The van der Waals surface area contributed by atoms with E-state index < -0.39 is 38.0 Å². The van der Waals surface area contributed by atoms with Gasteiger partial charge in [-0.1, -0.05) is 0 Å². The number of alkyl halides is 3. The lowest BCUT2D eigenvalue weighted by Gasteiger charge is -2.28. The van der Waals surface area contributed by atoms with Crippen molar-refractivity contribution in [2.24, 2.45) is 0 Å². The van der Waals surface area contributed by atoms with Gasteiger partial charge in [-0.2, -0.15) is 13.2 Å². The fraction of sp³-hybridized carbons (Fsp3) is 0.571. The van der Waals surface area contributed by atoms with Crippen LogP contribution in [0.4, 0.5) is 17.6 Å². The number of sulfonamides is 1. The molecule has 0 spiro atoms. The predicted molar refractivity (Wildman–Crippen MR) is 85.7 cm³/mol. The maximum atomic E-state index is 13.6. The maximum Gasteiger partial charge on any atom is 0.419 e. The Hall–Kier alpha value is -0.940. The van der Waals surface area contributed by atoms with E-state index in [9.17, 15) is 26.0 Å². The maximum absolute atomic E-state index is 13.6. The van der Waals surface area contributed by atoms with Gasteiger partial charge >= 0.3 is 6.18 Å². The first-order valence-corrected chi connectivity index (χ1v) is 8.68. The van der Waals surface area contributed by atoms with E-state index in [1.807, 2.05) is 0 Å². The second-order valence-electron chi connectivity index (χ2n) is 5.71. The van der Waals surface area contributed by atoms with Crippen LogP contribution in [0.5, 0.6) is 0 Å². The summed E-state index contributed by atoms with van der Waals surface area (Å²) in [7, 11) is -2.65. The molecular weight excluding hydrogens is 388 g/mol. The van der Waals surface area contributed by atoms with Crippen LogP contribution in [0.3, 0.4) is 0 Å². The number of hydrogen-bond acceptors (Lipinski definition) is 4. The molecular formula is C14H19ClF4N2O3S. The molecule has 1 fully saturated rings. The molecule has 1 aliphatic rings. The summed E-state index contributed by atoms with van der Waals surface area (Å²) in [4.78, 5) is -0.557. The zero-order valence-electron chi connectivity index (χ0n) is 13.3. The van der Waals surface area contributed by atoms with E-state index >= 15 is 0 Å². The van der Waals surface area contributed by atoms with Gasteiger partial charge in [0.1, 0.15) is 5.82 Å². The summed E-state index contributed by atoms with van der Waals surface area (Å²) in [5.41, 5.74) is -2.08. The standard InChI is InChI=1S/C14H18F4N2O3S.ClH/c1-23-9-13(5-2-6-19-13)8-20-24(21,22)10-3-4-11(12(15)7-10)14(16,17)18;/h3-4,7,19-20H,2,5-6,8-9H2,1H3;1H. The SMILES string of the molecule is COCC1(CNS(=O)(=O)c2ccc(C(F)(F)F)c(F)c2)CCCN1.Cl. The molecule has 1 heterocycles. The second-order valence-corrected chi connectivity index (χ2v) is 7.47. The molecule has 144 valence electrons. The Labute approximate surface area is 149 Å². The van der Waals surface area contributed by atoms with Gasteiger partial charge in [-0.25, -0.2) is 17.5 Å². The van der Waals surface area contributed by atoms with Crippen LogP contribution in [-0.2, 0) is 20.9 Å². The van der Waals surface area contributed by atoms with Crippen LogP contribution in [0.25, 0.3) is 0 Å². The first kappa shape index (κ1) is 22.1. The fourth-order valence-electron chi connectivity index (χ4n) is 2.68. The van der Waals surface area contributed by atoms with Gasteiger partial charge in [0, 0.05) is 13.7 Å². The van der Waals surface area contributed by atoms with Gasteiger partial charge in [-0.15, -0.1) is 12.4 Å². The highest BCUT2D eigenvalue weighted by molar-refractivity contribution is 7.89. The molecule has 1 aliphatic heterocycles. The minimum Gasteiger partial charge on any atom is -0.383 e. The number of rotatable bonds is 6. The summed E-state index contributed by atoms with van der Waals surface area (Å²) in [6.45, 7) is 0.975. The van der Waals surface area contributed by atoms with E-state index in [1.165, 1.54) is 7.11 Å². The predicted octanol–water partition coefficient (Wildman–Crippen LogP) is 2.31. The van der Waals surface area contributed by atoms with Crippen LogP contribution in [0.2, 0.25) is 0 Å². The Balaban J connectivity index is 0.00000312. The van der Waals surface area contributed by atoms with E-state index in [4.69, 9.17) is 4.74 Å². The lowest BCUT2D eigenvalue weighted by atomic mass is 9.99. The van der Waals surface area contributed by atoms with Crippen LogP contribution in [-0.4, -0.2) is 40.8 Å². The minimum absolute atomic E-state index is 0. The number of benzene rings is 1. The number of ether oxygens (including phenoxy) is 1. The quantitative estimate of drug-likeness (QED) is 0.711. The van der Waals surface area contributed by atoms with E-state index in [-0.39, 0.29) is 25.6 Å². The first-order chi connectivity index (χ1) is 11.1. The highest BCUT2D eigenvalue weighted by Crippen LogP contribution is 2.32. The van der Waals surface area contributed by atoms with Crippen LogP contribution in [0.1, 0.15) is 18.4 Å². The van der Waals surface area contributed by atoms with E-state index in [1.54, 1.807) is 0 Å². The molecule has 0 amide bonds. The van der Waals surface area contributed by atoms with Crippen molar-refractivity contribution in [3.8, 4) is 0 Å². The fourth-order valence-corrected chi connectivity index (χ4v) is 3.82. The molecule has 1 saturated heterocycles. The lowest BCUT2D eigenvalue weighted by molar-refractivity contribution is -0.140. The average molecular weight is 407 g/mol. The molecule has 0 saturated carbocycles. The highest BCUT2D eigenvalue weighted by Gasteiger charge is 2.36. The number of hydrogen-bond donors (Lipinski definition) is 2. The molecule has 1 aromatic carbocycles. The van der Waals surface area contributed by atoms with Crippen LogP contribution in [0, 0.1) is 5.82 Å². The summed E-state index contributed by atoms with van der Waals surface area (Å²) >= 11 is 0. The van der Waals surface area contributed by atoms with Crippen molar-refractivity contribution < 1.29 is 30.7 Å². The van der Waals surface area contributed by atoms with E-state index in [0.29, 0.717) is 25.1 Å². The van der Waals surface area contributed by atoms with Crippen molar-refractivity contribution >= 4 is 22.4 Å². The number of halogens is 5.